The lowest BCUT2D eigenvalue weighted by molar-refractivity contribution is 0.100. The van der Waals surface area contributed by atoms with Gasteiger partial charge in [-0.2, -0.15) is 4.98 Å². The normalized spacial score (nSPS) is 13.6. The molecule has 0 spiro atoms. The summed E-state index contributed by atoms with van der Waals surface area (Å²) in [6, 6.07) is 14.3. The van der Waals surface area contributed by atoms with Gasteiger partial charge in [0.25, 0.3) is 5.91 Å². The molecule has 1 aliphatic heterocycles. The molecule has 1 fully saturated rings. The number of carbonyl (C=O) groups is 1. The molecule has 1 saturated heterocycles. The van der Waals surface area contributed by atoms with Crippen molar-refractivity contribution in [2.24, 2.45) is 5.73 Å². The Bertz CT molecular complexity index is 1050. The number of morpholine rings is 1. The number of aromatic nitrogens is 2. The quantitative estimate of drug-likeness (QED) is 0.538. The van der Waals surface area contributed by atoms with E-state index in [1.165, 1.54) is 12.3 Å². The van der Waals surface area contributed by atoms with Gasteiger partial charge in [-0.05, 0) is 30.3 Å². The van der Waals surface area contributed by atoms with Gasteiger partial charge in [-0.3, -0.25) is 4.79 Å². The first-order valence-corrected chi connectivity index (χ1v) is 9.94. The van der Waals surface area contributed by atoms with Crippen LogP contribution in [-0.4, -0.2) is 42.2 Å². The van der Waals surface area contributed by atoms with E-state index in [2.05, 4.69) is 25.5 Å². The van der Waals surface area contributed by atoms with Crippen molar-refractivity contribution in [1.82, 2.24) is 9.97 Å². The maximum atomic E-state index is 13.9. The number of rotatable bonds is 7. The molecule has 0 atom stereocenters. The van der Waals surface area contributed by atoms with Crippen LogP contribution in [0.5, 0.6) is 0 Å². The monoisotopic (exact) mass is 422 g/mol. The van der Waals surface area contributed by atoms with Gasteiger partial charge in [-0.15, -0.1) is 0 Å². The summed E-state index contributed by atoms with van der Waals surface area (Å²) >= 11 is 0. The summed E-state index contributed by atoms with van der Waals surface area (Å²) in [5.74, 6) is -0.487. The van der Waals surface area contributed by atoms with E-state index >= 15 is 0 Å². The summed E-state index contributed by atoms with van der Waals surface area (Å²) < 4.78 is 19.3. The van der Waals surface area contributed by atoms with Crippen molar-refractivity contribution in [3.63, 3.8) is 0 Å². The van der Waals surface area contributed by atoms with E-state index in [1.807, 2.05) is 24.3 Å². The number of nitrogens with one attached hydrogen (secondary N) is 2. The first-order chi connectivity index (χ1) is 15.1. The molecule has 2 aromatic carbocycles. The van der Waals surface area contributed by atoms with E-state index in [9.17, 15) is 9.18 Å². The zero-order valence-electron chi connectivity index (χ0n) is 16.8. The molecule has 3 aromatic rings. The number of benzene rings is 2. The minimum absolute atomic E-state index is 0.129. The van der Waals surface area contributed by atoms with Gasteiger partial charge in [0, 0.05) is 42.8 Å². The van der Waals surface area contributed by atoms with Crippen LogP contribution < -0.4 is 21.3 Å². The Labute approximate surface area is 179 Å². The summed E-state index contributed by atoms with van der Waals surface area (Å²) in [5, 5.41) is 6.10. The lowest BCUT2D eigenvalue weighted by atomic mass is 10.2. The molecule has 1 aromatic heterocycles. The van der Waals surface area contributed by atoms with E-state index < -0.39 is 5.91 Å². The number of amides is 1. The van der Waals surface area contributed by atoms with Crippen LogP contribution in [0.4, 0.5) is 27.5 Å². The highest BCUT2D eigenvalue weighted by Crippen LogP contribution is 2.22. The van der Waals surface area contributed by atoms with Crippen molar-refractivity contribution in [3.05, 3.63) is 71.7 Å². The SMILES string of the molecule is NC(=O)c1cnc(Nc2ccc(N3CCOCC3)cc2)nc1NCc1ccccc1F. The van der Waals surface area contributed by atoms with Crippen molar-refractivity contribution in [2.75, 3.05) is 41.8 Å². The van der Waals surface area contributed by atoms with Crippen molar-refractivity contribution in [3.8, 4) is 0 Å². The van der Waals surface area contributed by atoms with Gasteiger partial charge in [-0.25, -0.2) is 9.37 Å². The molecular weight excluding hydrogens is 399 g/mol. The molecule has 2 heterocycles. The molecule has 8 nitrogen and oxygen atoms in total. The molecule has 1 aliphatic rings. The number of halogens is 1. The molecule has 4 N–H and O–H groups in total. The Morgan fingerprint density at radius 1 is 1.13 bits per heavy atom. The highest BCUT2D eigenvalue weighted by atomic mass is 19.1. The van der Waals surface area contributed by atoms with Crippen molar-refractivity contribution >= 4 is 29.0 Å². The lowest BCUT2D eigenvalue weighted by Crippen LogP contribution is -2.36. The largest absolute Gasteiger partial charge is 0.378 e. The molecule has 0 aliphatic carbocycles. The van der Waals surface area contributed by atoms with Crippen LogP contribution in [0.15, 0.2) is 54.7 Å². The summed E-state index contributed by atoms with van der Waals surface area (Å²) in [7, 11) is 0. The van der Waals surface area contributed by atoms with Crippen LogP contribution in [0, 0.1) is 5.82 Å². The van der Waals surface area contributed by atoms with Crippen LogP contribution in [0.2, 0.25) is 0 Å². The Balaban J connectivity index is 1.48. The highest BCUT2D eigenvalue weighted by Gasteiger charge is 2.14. The third-order valence-corrected chi connectivity index (χ3v) is 4.96. The zero-order chi connectivity index (χ0) is 21.6. The van der Waals surface area contributed by atoms with Crippen LogP contribution >= 0.6 is 0 Å². The van der Waals surface area contributed by atoms with E-state index in [0.717, 1.165) is 37.7 Å². The zero-order valence-corrected chi connectivity index (χ0v) is 16.8. The topological polar surface area (TPSA) is 105 Å². The van der Waals surface area contributed by atoms with Gasteiger partial charge in [0.05, 0.1) is 18.8 Å². The summed E-state index contributed by atoms with van der Waals surface area (Å²) in [5.41, 5.74) is 7.93. The maximum absolute atomic E-state index is 13.9. The van der Waals surface area contributed by atoms with Gasteiger partial charge in [-0.1, -0.05) is 18.2 Å². The maximum Gasteiger partial charge on any atom is 0.254 e. The van der Waals surface area contributed by atoms with Gasteiger partial charge in [0.1, 0.15) is 11.6 Å². The van der Waals surface area contributed by atoms with E-state index in [1.54, 1.807) is 18.2 Å². The highest BCUT2D eigenvalue weighted by molar-refractivity contribution is 5.97. The average molecular weight is 422 g/mol. The predicted molar refractivity (Wildman–Crippen MR) is 117 cm³/mol. The summed E-state index contributed by atoms with van der Waals surface area (Å²) in [6.45, 7) is 3.33. The molecule has 0 unspecified atom stereocenters. The smallest absolute Gasteiger partial charge is 0.254 e. The Morgan fingerprint density at radius 2 is 1.87 bits per heavy atom. The fourth-order valence-corrected chi connectivity index (χ4v) is 3.28. The summed E-state index contributed by atoms with van der Waals surface area (Å²) in [6.07, 6.45) is 1.35. The van der Waals surface area contributed by atoms with E-state index in [-0.39, 0.29) is 23.7 Å². The number of ether oxygens (including phenoxy) is 1. The lowest BCUT2D eigenvalue weighted by Gasteiger charge is -2.28. The van der Waals surface area contributed by atoms with E-state index in [0.29, 0.717) is 11.5 Å². The molecule has 0 bridgehead atoms. The van der Waals surface area contributed by atoms with Gasteiger partial charge in [0.2, 0.25) is 5.95 Å². The molecule has 160 valence electrons. The second kappa shape index (κ2) is 9.40. The second-order valence-corrected chi connectivity index (χ2v) is 7.04. The number of carbonyl (C=O) groups excluding carboxylic acids is 1. The molecule has 9 heteroatoms. The number of hydrogen-bond acceptors (Lipinski definition) is 7. The summed E-state index contributed by atoms with van der Waals surface area (Å²) in [4.78, 5) is 22.6. The van der Waals surface area contributed by atoms with Gasteiger partial charge >= 0.3 is 0 Å². The molecule has 4 rings (SSSR count). The fourth-order valence-electron chi connectivity index (χ4n) is 3.28. The standard InChI is InChI=1S/C22H23FN6O2/c23-19-4-2-1-3-15(19)13-25-21-18(20(24)30)14-26-22(28-21)27-16-5-7-17(8-6-16)29-9-11-31-12-10-29/h1-8,14H,9-13H2,(H2,24,30)(H2,25,26,27,28). The number of nitrogens with zero attached hydrogens (tertiary/aromatic N) is 3. The predicted octanol–water partition coefficient (Wildman–Crippen LogP) is 2.91. The van der Waals surface area contributed by atoms with Crippen LogP contribution in [0.1, 0.15) is 15.9 Å². The Morgan fingerprint density at radius 3 is 2.58 bits per heavy atom. The second-order valence-electron chi connectivity index (χ2n) is 7.04. The van der Waals surface area contributed by atoms with Crippen molar-refractivity contribution in [1.29, 1.82) is 0 Å². The number of hydrogen-bond donors (Lipinski definition) is 3. The Hall–Kier alpha value is -3.72. The molecular formula is C22H23FN6O2. The first-order valence-electron chi connectivity index (χ1n) is 9.94. The third kappa shape index (κ3) is 5.07. The van der Waals surface area contributed by atoms with Crippen molar-refractivity contribution in [2.45, 2.75) is 6.54 Å². The molecule has 0 saturated carbocycles. The molecule has 0 radical (unpaired) electrons. The Kier molecular flexibility index (Phi) is 6.23. The number of anilines is 4. The average Bonchev–Trinajstić information content (AvgIpc) is 2.79. The fraction of sp³-hybridized carbons (Fsp3) is 0.227. The number of primary amides is 1. The van der Waals surface area contributed by atoms with Crippen LogP contribution in [0.25, 0.3) is 0 Å². The first kappa shape index (κ1) is 20.5. The van der Waals surface area contributed by atoms with Crippen LogP contribution in [-0.2, 0) is 11.3 Å². The molecule has 1 amide bonds. The molecule has 31 heavy (non-hydrogen) atoms. The van der Waals surface area contributed by atoms with Crippen LogP contribution in [0.3, 0.4) is 0 Å². The van der Waals surface area contributed by atoms with Gasteiger partial charge in [0.15, 0.2) is 0 Å². The van der Waals surface area contributed by atoms with Gasteiger partial charge < -0.3 is 26.0 Å². The van der Waals surface area contributed by atoms with Crippen molar-refractivity contribution < 1.29 is 13.9 Å². The number of nitrogens with two attached hydrogens (primary N) is 1. The minimum atomic E-state index is -0.669. The third-order valence-electron chi connectivity index (χ3n) is 4.96. The minimum Gasteiger partial charge on any atom is -0.378 e. The van der Waals surface area contributed by atoms with E-state index in [4.69, 9.17) is 10.5 Å².